The molecule has 0 bridgehead atoms. The van der Waals surface area contributed by atoms with E-state index in [1.165, 1.54) is 17.7 Å². The Morgan fingerprint density at radius 3 is 2.54 bits per heavy atom. The van der Waals surface area contributed by atoms with E-state index in [-0.39, 0.29) is 11.5 Å². The van der Waals surface area contributed by atoms with Gasteiger partial charge in [-0.1, -0.05) is 30.1 Å². The number of alkyl halides is 3. The molecule has 0 N–H and O–H groups in total. The molecule has 4 rings (SSSR count). The number of rotatable bonds is 3. The van der Waals surface area contributed by atoms with Gasteiger partial charge in [0, 0.05) is 10.6 Å². The van der Waals surface area contributed by atoms with Crippen molar-refractivity contribution in [1.29, 1.82) is 0 Å². The number of benzene rings is 1. The first-order chi connectivity index (χ1) is 13.2. The van der Waals surface area contributed by atoms with Crippen LogP contribution < -0.4 is 0 Å². The zero-order chi connectivity index (χ0) is 20.2. The largest absolute Gasteiger partial charge is 0.453 e. The van der Waals surface area contributed by atoms with Crippen molar-refractivity contribution in [3.63, 3.8) is 0 Å². The topological polar surface area (TPSA) is 61.2 Å². The summed E-state index contributed by atoms with van der Waals surface area (Å²) in [7, 11) is 0. The van der Waals surface area contributed by atoms with Crippen molar-refractivity contribution >= 4 is 28.9 Å². The fourth-order valence-corrected chi connectivity index (χ4v) is 3.42. The normalized spacial score (nSPS) is 12.2. The van der Waals surface area contributed by atoms with Crippen molar-refractivity contribution in [2.24, 2.45) is 0 Å². The average Bonchev–Trinajstić information content (AvgIpc) is 3.27. The van der Waals surface area contributed by atoms with Crippen molar-refractivity contribution in [3.8, 4) is 16.9 Å². The zero-order valence-corrected chi connectivity index (χ0v) is 16.1. The number of oxazole rings is 1. The van der Waals surface area contributed by atoms with Gasteiger partial charge in [0.25, 0.3) is 5.82 Å². The standard InChI is InChI=1S/C17H12Cl2F3N5O/c1-3-12-14(26-8(2)23-16(25-26)17(20,21)22)15-27(24-12)13(7-28-15)10-5-4-9(18)6-11(10)19/h4-7H,3H2,1-2H3. The van der Waals surface area contributed by atoms with Gasteiger partial charge in [-0.05, 0) is 31.5 Å². The number of fused-ring (bicyclic) bond motifs is 1. The van der Waals surface area contributed by atoms with Gasteiger partial charge in [-0.2, -0.15) is 22.8 Å². The summed E-state index contributed by atoms with van der Waals surface area (Å²) in [6.07, 6.45) is -2.78. The molecule has 0 amide bonds. The summed E-state index contributed by atoms with van der Waals surface area (Å²) in [4.78, 5) is 3.52. The minimum absolute atomic E-state index is 0.0689. The van der Waals surface area contributed by atoms with Crippen molar-refractivity contribution in [2.75, 3.05) is 0 Å². The van der Waals surface area contributed by atoms with E-state index >= 15 is 0 Å². The predicted molar refractivity (Wildman–Crippen MR) is 96.9 cm³/mol. The Balaban J connectivity index is 1.94. The first kappa shape index (κ1) is 18.8. The molecule has 0 saturated heterocycles. The van der Waals surface area contributed by atoms with E-state index in [2.05, 4.69) is 15.2 Å². The number of aryl methyl sites for hydroxylation is 2. The molecule has 3 heterocycles. The van der Waals surface area contributed by atoms with Crippen LogP contribution in [0.4, 0.5) is 13.2 Å². The Bertz CT molecular complexity index is 1190. The maximum absolute atomic E-state index is 13.0. The molecule has 0 aliphatic heterocycles. The van der Waals surface area contributed by atoms with Gasteiger partial charge in [-0.25, -0.2) is 9.67 Å². The molecule has 146 valence electrons. The van der Waals surface area contributed by atoms with Crippen LogP contribution in [0.2, 0.25) is 10.0 Å². The molecule has 28 heavy (non-hydrogen) atoms. The second-order valence-corrected chi connectivity index (χ2v) is 6.85. The Morgan fingerprint density at radius 2 is 1.93 bits per heavy atom. The molecule has 3 aromatic heterocycles. The minimum Gasteiger partial charge on any atom is -0.443 e. The molecular weight excluding hydrogens is 418 g/mol. The van der Waals surface area contributed by atoms with Crippen molar-refractivity contribution in [1.82, 2.24) is 24.4 Å². The van der Waals surface area contributed by atoms with E-state index in [1.54, 1.807) is 18.2 Å². The van der Waals surface area contributed by atoms with Crippen LogP contribution in [0.15, 0.2) is 28.9 Å². The van der Waals surface area contributed by atoms with Gasteiger partial charge in [-0.15, -0.1) is 5.10 Å². The van der Waals surface area contributed by atoms with Crippen LogP contribution in [-0.4, -0.2) is 24.4 Å². The molecule has 0 atom stereocenters. The molecular formula is C17H12Cl2F3N5O. The van der Waals surface area contributed by atoms with E-state index in [9.17, 15) is 13.2 Å². The maximum atomic E-state index is 13.0. The van der Waals surface area contributed by atoms with Gasteiger partial charge in [0.2, 0.25) is 5.71 Å². The van der Waals surface area contributed by atoms with E-state index in [1.807, 2.05) is 6.92 Å². The van der Waals surface area contributed by atoms with Crippen molar-refractivity contribution in [3.05, 3.63) is 51.9 Å². The summed E-state index contributed by atoms with van der Waals surface area (Å²) >= 11 is 12.2. The molecule has 0 radical (unpaired) electrons. The summed E-state index contributed by atoms with van der Waals surface area (Å²) in [5.41, 5.74) is 2.20. The van der Waals surface area contributed by atoms with E-state index in [0.717, 1.165) is 4.68 Å². The van der Waals surface area contributed by atoms with Crippen LogP contribution in [0, 0.1) is 6.92 Å². The molecule has 1 aromatic carbocycles. The number of aromatic nitrogens is 5. The molecule has 11 heteroatoms. The quantitative estimate of drug-likeness (QED) is 0.439. The second-order valence-electron chi connectivity index (χ2n) is 6.00. The lowest BCUT2D eigenvalue weighted by Crippen LogP contribution is -2.09. The lowest BCUT2D eigenvalue weighted by atomic mass is 10.2. The summed E-state index contributed by atoms with van der Waals surface area (Å²) in [5, 5.41) is 8.96. The Labute approximate surface area is 166 Å². The molecule has 0 spiro atoms. The highest BCUT2D eigenvalue weighted by molar-refractivity contribution is 6.36. The fraction of sp³-hybridized carbons (Fsp3) is 0.235. The van der Waals surface area contributed by atoms with Gasteiger partial charge in [0.15, 0.2) is 5.69 Å². The third-order valence-electron chi connectivity index (χ3n) is 4.18. The van der Waals surface area contributed by atoms with Gasteiger partial charge in [0.1, 0.15) is 17.8 Å². The van der Waals surface area contributed by atoms with Gasteiger partial charge < -0.3 is 4.42 Å². The van der Waals surface area contributed by atoms with Crippen LogP contribution in [-0.2, 0) is 12.6 Å². The first-order valence-electron chi connectivity index (χ1n) is 8.16. The number of hydrogen-bond acceptors (Lipinski definition) is 4. The number of halogens is 5. The van der Waals surface area contributed by atoms with Crippen LogP contribution in [0.1, 0.15) is 24.3 Å². The first-order valence-corrected chi connectivity index (χ1v) is 8.92. The summed E-state index contributed by atoms with van der Waals surface area (Å²) in [6.45, 7) is 3.27. The summed E-state index contributed by atoms with van der Waals surface area (Å²) in [5.74, 6) is -1.15. The molecule has 0 fully saturated rings. The summed E-state index contributed by atoms with van der Waals surface area (Å²) < 4.78 is 47.3. The van der Waals surface area contributed by atoms with Gasteiger partial charge >= 0.3 is 6.18 Å². The highest BCUT2D eigenvalue weighted by Crippen LogP contribution is 2.34. The third-order valence-corrected chi connectivity index (χ3v) is 4.72. The SMILES string of the molecule is CCc1nn2c(-c3ccc(Cl)cc3Cl)coc2c1-n1nc(C(F)(F)F)nc1C. The van der Waals surface area contributed by atoms with E-state index < -0.39 is 12.0 Å². The number of nitrogens with zero attached hydrogens (tertiary/aromatic N) is 5. The maximum Gasteiger partial charge on any atom is 0.453 e. The molecule has 0 aliphatic carbocycles. The highest BCUT2D eigenvalue weighted by Gasteiger charge is 2.37. The third kappa shape index (κ3) is 2.94. The van der Waals surface area contributed by atoms with Crippen LogP contribution in [0.25, 0.3) is 22.7 Å². The van der Waals surface area contributed by atoms with Crippen LogP contribution >= 0.6 is 23.2 Å². The molecule has 0 unspecified atom stereocenters. The van der Waals surface area contributed by atoms with E-state index in [4.69, 9.17) is 27.6 Å². The molecule has 0 aliphatic rings. The lowest BCUT2D eigenvalue weighted by Gasteiger charge is -2.01. The Kier molecular flexibility index (Phi) is 4.39. The van der Waals surface area contributed by atoms with Crippen molar-refractivity contribution in [2.45, 2.75) is 26.4 Å². The molecule has 6 nitrogen and oxygen atoms in total. The highest BCUT2D eigenvalue weighted by atomic mass is 35.5. The predicted octanol–water partition coefficient (Wildman–Crippen LogP) is 5.37. The zero-order valence-electron chi connectivity index (χ0n) is 14.6. The molecule has 0 saturated carbocycles. The van der Waals surface area contributed by atoms with Gasteiger partial charge in [-0.3, -0.25) is 0 Å². The van der Waals surface area contributed by atoms with Crippen LogP contribution in [0.3, 0.4) is 0 Å². The lowest BCUT2D eigenvalue weighted by molar-refractivity contribution is -0.144. The smallest absolute Gasteiger partial charge is 0.443 e. The van der Waals surface area contributed by atoms with Crippen LogP contribution in [0.5, 0.6) is 0 Å². The van der Waals surface area contributed by atoms with E-state index in [0.29, 0.717) is 39.1 Å². The number of hydrogen-bond donors (Lipinski definition) is 0. The summed E-state index contributed by atoms with van der Waals surface area (Å²) in [6, 6.07) is 4.97. The monoisotopic (exact) mass is 429 g/mol. The van der Waals surface area contributed by atoms with Gasteiger partial charge in [0.05, 0.1) is 10.7 Å². The van der Waals surface area contributed by atoms with Crippen molar-refractivity contribution < 1.29 is 17.6 Å². The Morgan fingerprint density at radius 1 is 1.18 bits per heavy atom. The Hall–Kier alpha value is -2.52. The minimum atomic E-state index is -4.65. The second kappa shape index (κ2) is 6.52. The fourth-order valence-electron chi connectivity index (χ4n) is 2.92. The average molecular weight is 430 g/mol. The molecule has 4 aromatic rings.